The first-order valence-corrected chi connectivity index (χ1v) is 6.63. The molecule has 0 fully saturated rings. The van der Waals surface area contributed by atoms with E-state index in [1.165, 1.54) is 6.20 Å². The predicted molar refractivity (Wildman–Crippen MR) is 74.2 cm³/mol. The Hall–Kier alpha value is -1.17. The predicted octanol–water partition coefficient (Wildman–Crippen LogP) is 3.14. The minimum Gasteiger partial charge on any atom is -0.339 e. The first-order chi connectivity index (χ1) is 9.02. The second-order valence-corrected chi connectivity index (χ2v) is 5.37. The summed E-state index contributed by atoms with van der Waals surface area (Å²) in [5.74, 6) is 1.18. The van der Waals surface area contributed by atoms with Crippen LogP contribution in [0.2, 0.25) is 10.0 Å². The summed E-state index contributed by atoms with van der Waals surface area (Å²) in [6, 6.07) is 1.59. The van der Waals surface area contributed by atoms with E-state index in [4.69, 9.17) is 33.5 Å². The zero-order valence-electron chi connectivity index (χ0n) is 10.6. The lowest BCUT2D eigenvalue weighted by atomic mass is 9.96. The number of hydrogen-bond donors (Lipinski definition) is 1. The van der Waals surface area contributed by atoms with E-state index in [1.54, 1.807) is 6.07 Å². The topological polar surface area (TPSA) is 77.8 Å². The zero-order chi connectivity index (χ0) is 14.0. The lowest BCUT2D eigenvalue weighted by molar-refractivity contribution is 0.324. The highest BCUT2D eigenvalue weighted by Crippen LogP contribution is 2.28. The highest BCUT2D eigenvalue weighted by Gasteiger charge is 2.22. The lowest BCUT2D eigenvalue weighted by Crippen LogP contribution is -2.18. The smallest absolute Gasteiger partial charge is 0.231 e. The normalized spacial score (nSPS) is 12.9. The van der Waals surface area contributed by atoms with Gasteiger partial charge in [-0.2, -0.15) is 4.98 Å². The maximum Gasteiger partial charge on any atom is 0.231 e. The van der Waals surface area contributed by atoms with E-state index >= 15 is 0 Å². The van der Waals surface area contributed by atoms with E-state index in [1.807, 2.05) is 0 Å². The summed E-state index contributed by atoms with van der Waals surface area (Å²) in [7, 11) is 0. The molecular formula is C12H14Cl2N4O. The first-order valence-electron chi connectivity index (χ1n) is 5.88. The molecule has 1 unspecified atom stereocenters. The summed E-state index contributed by atoms with van der Waals surface area (Å²) >= 11 is 11.9. The van der Waals surface area contributed by atoms with Crippen LogP contribution in [0.4, 0.5) is 0 Å². The SMILES string of the molecule is CC(C)C(CN)c1nc(-c2ncc(Cl)cc2Cl)no1. The molecule has 2 rings (SSSR count). The quantitative estimate of drug-likeness (QED) is 0.938. The summed E-state index contributed by atoms with van der Waals surface area (Å²) in [5, 5.41) is 4.74. The number of nitrogens with zero attached hydrogens (tertiary/aromatic N) is 3. The Balaban J connectivity index is 2.35. The minimum absolute atomic E-state index is 0.0207. The van der Waals surface area contributed by atoms with Crippen LogP contribution < -0.4 is 5.73 Å². The average Bonchev–Trinajstić information content (AvgIpc) is 2.78. The van der Waals surface area contributed by atoms with E-state index in [2.05, 4.69) is 29.0 Å². The maximum atomic E-state index is 6.06. The van der Waals surface area contributed by atoms with E-state index in [0.29, 0.717) is 39.9 Å². The Labute approximate surface area is 121 Å². The van der Waals surface area contributed by atoms with Crippen LogP contribution in [0.5, 0.6) is 0 Å². The number of pyridine rings is 1. The lowest BCUT2D eigenvalue weighted by Gasteiger charge is -2.13. The standard InChI is InChI=1S/C12H14Cl2N4O/c1-6(2)8(4-15)12-17-11(18-19-12)10-9(14)3-7(13)5-16-10/h3,5-6,8H,4,15H2,1-2H3. The van der Waals surface area contributed by atoms with Gasteiger partial charge in [-0.1, -0.05) is 42.2 Å². The van der Waals surface area contributed by atoms with Gasteiger partial charge in [-0.15, -0.1) is 0 Å². The number of rotatable bonds is 4. The monoisotopic (exact) mass is 300 g/mol. The number of hydrogen-bond acceptors (Lipinski definition) is 5. The first kappa shape index (κ1) is 14.2. The van der Waals surface area contributed by atoms with Crippen molar-refractivity contribution in [3.8, 4) is 11.5 Å². The van der Waals surface area contributed by atoms with Gasteiger partial charge < -0.3 is 10.3 Å². The highest BCUT2D eigenvalue weighted by molar-refractivity contribution is 6.35. The Morgan fingerprint density at radius 1 is 1.37 bits per heavy atom. The summed E-state index contributed by atoms with van der Waals surface area (Å²) < 4.78 is 5.25. The highest BCUT2D eigenvalue weighted by atomic mass is 35.5. The maximum absolute atomic E-state index is 6.06. The van der Waals surface area contributed by atoms with E-state index < -0.39 is 0 Å². The van der Waals surface area contributed by atoms with Crippen molar-refractivity contribution in [1.29, 1.82) is 0 Å². The molecule has 19 heavy (non-hydrogen) atoms. The summed E-state index contributed by atoms with van der Waals surface area (Å²) in [6.07, 6.45) is 1.49. The molecule has 0 aromatic carbocycles. The fourth-order valence-corrected chi connectivity index (χ4v) is 2.18. The third kappa shape index (κ3) is 3.05. The van der Waals surface area contributed by atoms with Gasteiger partial charge in [0, 0.05) is 12.7 Å². The van der Waals surface area contributed by atoms with Gasteiger partial charge in [0.2, 0.25) is 11.7 Å². The number of nitrogens with two attached hydrogens (primary N) is 1. The second kappa shape index (κ2) is 5.86. The molecule has 0 aliphatic rings. The van der Waals surface area contributed by atoms with Gasteiger partial charge in [0.1, 0.15) is 5.69 Å². The van der Waals surface area contributed by atoms with E-state index in [9.17, 15) is 0 Å². The fraction of sp³-hybridized carbons (Fsp3) is 0.417. The number of halogens is 2. The number of aromatic nitrogens is 3. The fourth-order valence-electron chi connectivity index (χ4n) is 1.72. The molecule has 0 saturated heterocycles. The van der Waals surface area contributed by atoms with Gasteiger partial charge in [-0.25, -0.2) is 4.98 Å². The summed E-state index contributed by atoms with van der Waals surface area (Å²) in [4.78, 5) is 8.43. The third-order valence-electron chi connectivity index (χ3n) is 2.84. The van der Waals surface area contributed by atoms with Crippen LogP contribution in [0.1, 0.15) is 25.7 Å². The molecule has 0 aliphatic heterocycles. The van der Waals surface area contributed by atoms with Gasteiger partial charge >= 0.3 is 0 Å². The third-order valence-corrected chi connectivity index (χ3v) is 3.33. The zero-order valence-corrected chi connectivity index (χ0v) is 12.1. The molecule has 0 bridgehead atoms. The van der Waals surface area contributed by atoms with Crippen molar-refractivity contribution in [3.05, 3.63) is 28.2 Å². The molecule has 0 saturated carbocycles. The Bertz CT molecular complexity index is 571. The molecule has 0 amide bonds. The molecule has 102 valence electrons. The molecule has 2 aromatic rings. The molecule has 0 aliphatic carbocycles. The largest absolute Gasteiger partial charge is 0.339 e. The van der Waals surface area contributed by atoms with Crippen LogP contribution in [0.25, 0.3) is 11.5 Å². The van der Waals surface area contributed by atoms with Crippen molar-refractivity contribution >= 4 is 23.2 Å². The second-order valence-electron chi connectivity index (χ2n) is 4.53. The average molecular weight is 301 g/mol. The van der Waals surface area contributed by atoms with Crippen LogP contribution in [-0.4, -0.2) is 21.7 Å². The van der Waals surface area contributed by atoms with Crippen molar-refractivity contribution in [3.63, 3.8) is 0 Å². The molecular weight excluding hydrogens is 287 g/mol. The Morgan fingerprint density at radius 2 is 2.11 bits per heavy atom. The minimum atomic E-state index is 0.0207. The molecule has 2 N–H and O–H groups in total. The van der Waals surface area contributed by atoms with Crippen molar-refractivity contribution in [1.82, 2.24) is 15.1 Å². The van der Waals surface area contributed by atoms with Crippen molar-refractivity contribution in [2.45, 2.75) is 19.8 Å². The van der Waals surface area contributed by atoms with Gasteiger partial charge in [0.15, 0.2) is 0 Å². The molecule has 5 nitrogen and oxygen atoms in total. The Morgan fingerprint density at radius 3 is 2.68 bits per heavy atom. The van der Waals surface area contributed by atoms with Crippen LogP contribution in [0.15, 0.2) is 16.8 Å². The Kier molecular flexibility index (Phi) is 4.39. The van der Waals surface area contributed by atoms with E-state index in [0.717, 1.165) is 0 Å². The van der Waals surface area contributed by atoms with Crippen LogP contribution in [0, 0.1) is 5.92 Å². The van der Waals surface area contributed by atoms with Crippen LogP contribution >= 0.6 is 23.2 Å². The molecule has 7 heteroatoms. The molecule has 0 spiro atoms. The van der Waals surface area contributed by atoms with Crippen LogP contribution in [0.3, 0.4) is 0 Å². The molecule has 2 heterocycles. The van der Waals surface area contributed by atoms with E-state index in [-0.39, 0.29) is 5.92 Å². The van der Waals surface area contributed by atoms with Crippen LogP contribution in [-0.2, 0) is 0 Å². The molecule has 2 aromatic heterocycles. The summed E-state index contributed by atoms with van der Waals surface area (Å²) in [5.41, 5.74) is 6.16. The molecule has 0 radical (unpaired) electrons. The molecule has 1 atom stereocenters. The van der Waals surface area contributed by atoms with Gasteiger partial charge in [-0.05, 0) is 12.0 Å². The van der Waals surface area contributed by atoms with Crippen molar-refractivity contribution in [2.75, 3.05) is 6.54 Å². The van der Waals surface area contributed by atoms with Gasteiger partial charge in [0.25, 0.3) is 0 Å². The van der Waals surface area contributed by atoms with Crippen molar-refractivity contribution in [2.24, 2.45) is 11.7 Å². The van der Waals surface area contributed by atoms with Crippen molar-refractivity contribution < 1.29 is 4.52 Å². The summed E-state index contributed by atoms with van der Waals surface area (Å²) in [6.45, 7) is 4.55. The van der Waals surface area contributed by atoms with Gasteiger partial charge in [0.05, 0.1) is 16.0 Å². The van der Waals surface area contributed by atoms with Gasteiger partial charge in [-0.3, -0.25) is 0 Å².